The van der Waals surface area contributed by atoms with Gasteiger partial charge in [0.1, 0.15) is 0 Å². The zero-order valence-corrected chi connectivity index (χ0v) is 11.2. The van der Waals surface area contributed by atoms with Crippen LogP contribution in [0.2, 0.25) is 0 Å². The van der Waals surface area contributed by atoms with E-state index in [1.807, 2.05) is 6.92 Å². The minimum absolute atomic E-state index is 0.0523. The summed E-state index contributed by atoms with van der Waals surface area (Å²) in [5, 5.41) is 13.8. The van der Waals surface area contributed by atoms with Crippen LogP contribution in [0.25, 0.3) is 0 Å². The van der Waals surface area contributed by atoms with Gasteiger partial charge in [-0.05, 0) is 35.0 Å². The molecule has 2 rings (SSSR count). The molecular formula is C11H11BrN4O2. The van der Waals surface area contributed by atoms with Crippen LogP contribution in [0.5, 0.6) is 0 Å². The second-order valence-corrected chi connectivity index (χ2v) is 4.61. The number of H-pyrrole nitrogens is 1. The zero-order valence-electron chi connectivity index (χ0n) is 9.61. The van der Waals surface area contributed by atoms with Crippen molar-refractivity contribution in [3.63, 3.8) is 0 Å². The lowest BCUT2D eigenvalue weighted by Crippen LogP contribution is -2.01. The fourth-order valence-electron chi connectivity index (χ4n) is 1.52. The van der Waals surface area contributed by atoms with Crippen molar-refractivity contribution in [3.05, 3.63) is 50.5 Å². The standard InChI is InChI=1S/C11H11BrN4O2/c1-7-10(15-6-14-7)5-13-8-2-3-11(16(17)18)9(12)4-8/h2-4,6,13H,5H2,1H3,(H,14,15). The van der Waals surface area contributed by atoms with Gasteiger partial charge in [-0.25, -0.2) is 4.98 Å². The van der Waals surface area contributed by atoms with Gasteiger partial charge in [-0.15, -0.1) is 0 Å². The number of hydrogen-bond donors (Lipinski definition) is 2. The molecule has 0 atom stereocenters. The molecule has 0 spiro atoms. The lowest BCUT2D eigenvalue weighted by molar-refractivity contribution is -0.385. The number of aromatic nitrogens is 2. The summed E-state index contributed by atoms with van der Waals surface area (Å²) in [6.45, 7) is 2.51. The molecule has 0 aliphatic carbocycles. The molecule has 0 fully saturated rings. The van der Waals surface area contributed by atoms with Gasteiger partial charge in [-0.2, -0.15) is 0 Å². The number of nitro benzene ring substituents is 1. The van der Waals surface area contributed by atoms with Gasteiger partial charge in [0.05, 0.1) is 28.0 Å². The number of rotatable bonds is 4. The topological polar surface area (TPSA) is 83.8 Å². The van der Waals surface area contributed by atoms with E-state index in [1.54, 1.807) is 18.5 Å². The minimum atomic E-state index is -0.425. The van der Waals surface area contributed by atoms with Crippen LogP contribution in [0.1, 0.15) is 11.4 Å². The second-order valence-electron chi connectivity index (χ2n) is 3.75. The Morgan fingerprint density at radius 3 is 2.89 bits per heavy atom. The van der Waals surface area contributed by atoms with Crippen LogP contribution in [0.4, 0.5) is 11.4 Å². The Morgan fingerprint density at radius 2 is 2.33 bits per heavy atom. The lowest BCUT2D eigenvalue weighted by atomic mass is 10.2. The molecular weight excluding hydrogens is 300 g/mol. The summed E-state index contributed by atoms with van der Waals surface area (Å²) in [5.74, 6) is 0. The molecule has 1 aromatic heterocycles. The van der Waals surface area contributed by atoms with Crippen LogP contribution >= 0.6 is 15.9 Å². The number of nitro groups is 1. The SMILES string of the molecule is Cc1[nH]cnc1CNc1ccc([N+](=O)[O-])c(Br)c1. The Hall–Kier alpha value is -1.89. The Balaban J connectivity index is 2.09. The van der Waals surface area contributed by atoms with E-state index in [2.05, 4.69) is 31.2 Å². The molecule has 1 heterocycles. The molecule has 0 saturated carbocycles. The molecule has 0 aliphatic heterocycles. The molecule has 0 radical (unpaired) electrons. The second kappa shape index (κ2) is 5.18. The highest BCUT2D eigenvalue weighted by Gasteiger charge is 2.11. The molecule has 2 aromatic rings. The van der Waals surface area contributed by atoms with Crippen LogP contribution < -0.4 is 5.32 Å². The van der Waals surface area contributed by atoms with Crippen LogP contribution in [0, 0.1) is 17.0 Å². The van der Waals surface area contributed by atoms with Crippen LogP contribution in [0.15, 0.2) is 29.0 Å². The van der Waals surface area contributed by atoms with Gasteiger partial charge < -0.3 is 10.3 Å². The number of hydrogen-bond acceptors (Lipinski definition) is 4. The molecule has 2 N–H and O–H groups in total. The molecule has 94 valence electrons. The number of benzene rings is 1. The van der Waals surface area contributed by atoms with Gasteiger partial charge in [0.25, 0.3) is 5.69 Å². The van der Waals surface area contributed by atoms with E-state index in [9.17, 15) is 10.1 Å². The van der Waals surface area contributed by atoms with E-state index in [1.165, 1.54) is 6.07 Å². The van der Waals surface area contributed by atoms with Crippen molar-refractivity contribution in [1.29, 1.82) is 0 Å². The maximum Gasteiger partial charge on any atom is 0.283 e. The van der Waals surface area contributed by atoms with Crippen molar-refractivity contribution >= 4 is 27.3 Å². The number of imidazole rings is 1. The summed E-state index contributed by atoms with van der Waals surface area (Å²) in [4.78, 5) is 17.4. The van der Waals surface area contributed by atoms with E-state index in [0.29, 0.717) is 11.0 Å². The van der Waals surface area contributed by atoms with Crippen molar-refractivity contribution in [1.82, 2.24) is 9.97 Å². The third-order valence-electron chi connectivity index (χ3n) is 2.54. The van der Waals surface area contributed by atoms with E-state index in [0.717, 1.165) is 17.1 Å². The fourth-order valence-corrected chi connectivity index (χ4v) is 2.04. The Labute approximate surface area is 112 Å². The summed E-state index contributed by atoms with van der Waals surface area (Å²) in [7, 11) is 0. The van der Waals surface area contributed by atoms with Gasteiger partial charge in [-0.3, -0.25) is 10.1 Å². The minimum Gasteiger partial charge on any atom is -0.379 e. The maximum atomic E-state index is 10.7. The number of nitrogens with one attached hydrogen (secondary N) is 2. The molecule has 0 saturated heterocycles. The van der Waals surface area contributed by atoms with Gasteiger partial charge >= 0.3 is 0 Å². The predicted molar refractivity (Wildman–Crippen MR) is 71.4 cm³/mol. The Kier molecular flexibility index (Phi) is 3.61. The first-order chi connectivity index (χ1) is 8.58. The highest BCUT2D eigenvalue weighted by atomic mass is 79.9. The van der Waals surface area contributed by atoms with Crippen LogP contribution in [-0.2, 0) is 6.54 Å². The molecule has 6 nitrogen and oxygen atoms in total. The summed E-state index contributed by atoms with van der Waals surface area (Å²) in [5.41, 5.74) is 2.78. The number of halogens is 1. The first-order valence-electron chi connectivity index (χ1n) is 5.24. The number of nitrogens with zero attached hydrogens (tertiary/aromatic N) is 2. The molecule has 18 heavy (non-hydrogen) atoms. The van der Waals surface area contributed by atoms with Gasteiger partial charge in [0.2, 0.25) is 0 Å². The molecule has 7 heteroatoms. The molecule has 1 aromatic carbocycles. The third-order valence-corrected chi connectivity index (χ3v) is 3.17. The smallest absolute Gasteiger partial charge is 0.283 e. The van der Waals surface area contributed by atoms with Gasteiger partial charge in [0.15, 0.2) is 0 Å². The summed E-state index contributed by atoms with van der Waals surface area (Å²) >= 11 is 3.18. The normalized spacial score (nSPS) is 10.3. The molecule has 0 bridgehead atoms. The van der Waals surface area contributed by atoms with E-state index < -0.39 is 4.92 Å². The van der Waals surface area contributed by atoms with Crippen molar-refractivity contribution in [3.8, 4) is 0 Å². The van der Waals surface area contributed by atoms with Gasteiger partial charge in [0, 0.05) is 17.4 Å². The average molecular weight is 311 g/mol. The Morgan fingerprint density at radius 1 is 1.56 bits per heavy atom. The zero-order chi connectivity index (χ0) is 13.1. The van der Waals surface area contributed by atoms with Crippen molar-refractivity contribution < 1.29 is 4.92 Å². The van der Waals surface area contributed by atoms with E-state index >= 15 is 0 Å². The summed E-state index contributed by atoms with van der Waals surface area (Å²) in [6.07, 6.45) is 1.64. The number of anilines is 1. The van der Waals surface area contributed by atoms with Crippen LogP contribution in [0.3, 0.4) is 0 Å². The number of aromatic amines is 1. The molecule has 0 unspecified atom stereocenters. The van der Waals surface area contributed by atoms with Gasteiger partial charge in [-0.1, -0.05) is 0 Å². The Bertz CT molecular complexity index is 582. The third kappa shape index (κ3) is 2.67. The van der Waals surface area contributed by atoms with Crippen molar-refractivity contribution in [2.24, 2.45) is 0 Å². The number of aryl methyl sites for hydroxylation is 1. The maximum absolute atomic E-state index is 10.7. The first-order valence-corrected chi connectivity index (χ1v) is 6.04. The van der Waals surface area contributed by atoms with E-state index in [4.69, 9.17) is 0 Å². The predicted octanol–water partition coefficient (Wildman–Crippen LogP) is 3.00. The van der Waals surface area contributed by atoms with E-state index in [-0.39, 0.29) is 5.69 Å². The summed E-state index contributed by atoms with van der Waals surface area (Å²) in [6, 6.07) is 4.81. The fraction of sp³-hybridized carbons (Fsp3) is 0.182. The molecule has 0 amide bonds. The summed E-state index contributed by atoms with van der Waals surface area (Å²) < 4.78 is 0.455. The van der Waals surface area contributed by atoms with Crippen LogP contribution in [-0.4, -0.2) is 14.9 Å². The monoisotopic (exact) mass is 310 g/mol. The lowest BCUT2D eigenvalue weighted by Gasteiger charge is -2.06. The van der Waals surface area contributed by atoms with Crippen molar-refractivity contribution in [2.75, 3.05) is 5.32 Å². The molecule has 0 aliphatic rings. The first kappa shape index (κ1) is 12.6. The highest BCUT2D eigenvalue weighted by Crippen LogP contribution is 2.27. The van der Waals surface area contributed by atoms with Crippen molar-refractivity contribution in [2.45, 2.75) is 13.5 Å². The average Bonchev–Trinajstić information content (AvgIpc) is 2.72. The highest BCUT2D eigenvalue weighted by molar-refractivity contribution is 9.10. The largest absolute Gasteiger partial charge is 0.379 e. The quantitative estimate of drug-likeness (QED) is 0.671.